The van der Waals surface area contributed by atoms with Crippen molar-refractivity contribution in [1.29, 1.82) is 0 Å². The molecule has 9 nitrogen and oxygen atoms in total. The Morgan fingerprint density at radius 2 is 0.390 bits per heavy atom. The predicted molar refractivity (Wildman–Crippen MR) is 359 cm³/mol. The first kappa shape index (κ1) is 64.0. The van der Waals surface area contributed by atoms with Crippen LogP contribution in [0.1, 0.15) is 127 Å². The van der Waals surface area contributed by atoms with Gasteiger partial charge in [0, 0.05) is 64.6 Å². The Balaban J connectivity index is 0.000000263. The molecule has 424 valence electrons. The fourth-order valence-electron chi connectivity index (χ4n) is 10.8. The molecule has 6 aromatic heterocycles. The zero-order chi connectivity index (χ0) is 61.0. The number of rotatable bonds is 0. The maximum Gasteiger partial charge on any atom is 0.197 e. The Morgan fingerprint density at radius 3 is 0.610 bits per heavy atom. The first-order chi connectivity index (χ1) is 40.0. The van der Waals surface area contributed by atoms with Crippen LogP contribution in [0.15, 0.2) is 174 Å². The van der Waals surface area contributed by atoms with Gasteiger partial charge < -0.3 is 13.2 Å². The molecule has 0 unspecified atom stereocenters. The van der Waals surface area contributed by atoms with Gasteiger partial charge in [-0.1, -0.05) is 159 Å². The molecule has 0 bridgehead atoms. The summed E-state index contributed by atoms with van der Waals surface area (Å²) in [5.74, 6) is 0. The maximum atomic E-state index is 14.2. The summed E-state index contributed by atoms with van der Waals surface area (Å²) in [6.45, 7) is 37.7. The van der Waals surface area contributed by atoms with Crippen molar-refractivity contribution >= 4 is 114 Å². The van der Waals surface area contributed by atoms with Gasteiger partial charge in [-0.25, -0.2) is 0 Å². The lowest BCUT2D eigenvalue weighted by molar-refractivity contribution is 1.28. The molecule has 0 aliphatic heterocycles. The smallest absolute Gasteiger partial charge is 0.197 e. The summed E-state index contributed by atoms with van der Waals surface area (Å²) in [5, 5.41) is 6.28. The Morgan fingerprint density at radius 1 is 0.207 bits per heavy atom. The predicted octanol–water partition coefficient (Wildman–Crippen LogP) is 18.1. The molecule has 6 heterocycles. The van der Waals surface area contributed by atoms with Crippen molar-refractivity contribution < 1.29 is 0 Å². The molecule has 0 spiro atoms. The van der Waals surface area contributed by atoms with Crippen molar-refractivity contribution in [3.8, 4) is 0 Å². The zero-order valence-electron chi connectivity index (χ0n) is 51.6. The molecule has 0 N–H and O–H groups in total. The highest BCUT2D eigenvalue weighted by atomic mass is 16.1. The van der Waals surface area contributed by atoms with E-state index in [0.29, 0.717) is 103 Å². The molecule has 0 saturated heterocycles. The summed E-state index contributed by atoms with van der Waals surface area (Å²) in [7, 11) is 0. The lowest BCUT2D eigenvalue weighted by Crippen LogP contribution is -2.17. The van der Waals surface area contributed by atoms with Crippen molar-refractivity contribution in [2.24, 2.45) is 0 Å². The van der Waals surface area contributed by atoms with E-state index in [1.807, 2.05) is 268 Å². The standard InChI is InChI=1S/C36H20N2O4.C21H13NO2.8C2H6/c1-17-11-23-31-25(13-17)35(41)21-15-22-30(16-29(21)37(31)27-9-5-3-7-19(27)33(23)39)38-28-10-6-4-8-20(28)34(40)24-12-18(2)14-26(32(24)38)36(22)42;1-12-10-15-19-16(11-12)21(24)14-7-3-5-9-18(14)22(19)17-8-4-2-6-13(17)20(15)23;8*1-2/h3-16H,1-2H3;2-11H,1H3;8*1-2H3. The Kier molecular flexibility index (Phi) is 21.9. The van der Waals surface area contributed by atoms with Crippen molar-refractivity contribution in [3.05, 3.63) is 224 Å². The first-order valence-corrected chi connectivity index (χ1v) is 29.7. The monoisotopic (exact) mass is 1100 g/mol. The van der Waals surface area contributed by atoms with Crippen LogP contribution < -0.4 is 32.6 Å². The largest absolute Gasteiger partial charge is 0.308 e. The molecule has 82 heavy (non-hydrogen) atoms. The summed E-state index contributed by atoms with van der Waals surface area (Å²) in [5.41, 5.74) is 7.87. The number of hydrogen-bond acceptors (Lipinski definition) is 6. The fourth-order valence-corrected chi connectivity index (χ4v) is 10.8. The van der Waals surface area contributed by atoms with Crippen molar-refractivity contribution in [1.82, 2.24) is 13.2 Å². The molecule has 9 heteroatoms. The Bertz CT molecular complexity index is 4640. The minimum Gasteiger partial charge on any atom is -0.308 e. The number of aryl methyl sites for hydroxylation is 3. The van der Waals surface area contributed by atoms with Crippen molar-refractivity contribution in [2.45, 2.75) is 132 Å². The average molecular weight is 1100 g/mol. The maximum absolute atomic E-state index is 14.2. The number of pyridine rings is 6. The summed E-state index contributed by atoms with van der Waals surface area (Å²) in [6, 6.07) is 44.6. The van der Waals surface area contributed by atoms with Gasteiger partial charge in [0.1, 0.15) is 0 Å². The third kappa shape index (κ3) is 10.4. The van der Waals surface area contributed by atoms with E-state index < -0.39 is 0 Å². The Labute approximate surface area is 480 Å². The summed E-state index contributed by atoms with van der Waals surface area (Å²) < 4.78 is 6.02. The molecule has 0 fully saturated rings. The fraction of sp³-hybridized carbons (Fsp3) is 0.260. The number of benzene rings is 8. The highest BCUT2D eigenvalue weighted by molar-refractivity contribution is 6.14. The first-order valence-electron chi connectivity index (χ1n) is 29.7. The molecular formula is C73H81N3O6. The van der Waals surface area contributed by atoms with E-state index in [0.717, 1.165) is 27.7 Å². The van der Waals surface area contributed by atoms with Crippen LogP contribution in [-0.4, -0.2) is 13.2 Å². The molecule has 8 aromatic carbocycles. The molecule has 0 aliphatic carbocycles. The molecule has 0 atom stereocenters. The number of fused-ring (bicyclic) bond motifs is 12. The van der Waals surface area contributed by atoms with Crippen LogP contribution in [0.3, 0.4) is 0 Å². The van der Waals surface area contributed by atoms with Crippen LogP contribution in [0.4, 0.5) is 0 Å². The number of hydrogen-bond donors (Lipinski definition) is 0. The second-order valence-electron chi connectivity index (χ2n) is 17.6. The third-order valence-corrected chi connectivity index (χ3v) is 13.5. The van der Waals surface area contributed by atoms with Gasteiger partial charge >= 0.3 is 0 Å². The van der Waals surface area contributed by atoms with E-state index in [1.54, 1.807) is 18.2 Å². The molecular weight excluding hydrogens is 1010 g/mol. The zero-order valence-corrected chi connectivity index (χ0v) is 51.6. The molecule has 14 rings (SSSR count). The quantitative estimate of drug-likeness (QED) is 0.110. The van der Waals surface area contributed by atoms with E-state index in [-0.39, 0.29) is 32.6 Å². The number of nitrogens with zero attached hydrogens (tertiary/aromatic N) is 3. The van der Waals surface area contributed by atoms with E-state index >= 15 is 0 Å². The highest BCUT2D eigenvalue weighted by Gasteiger charge is 2.23. The molecule has 14 aromatic rings. The highest BCUT2D eigenvalue weighted by Crippen LogP contribution is 2.33. The normalized spacial score (nSPS) is 10.4. The second kappa shape index (κ2) is 28.1. The van der Waals surface area contributed by atoms with E-state index in [1.165, 1.54) is 0 Å². The van der Waals surface area contributed by atoms with Crippen LogP contribution in [0.5, 0.6) is 0 Å². The van der Waals surface area contributed by atoms with Gasteiger partial charge in [-0.3, -0.25) is 28.8 Å². The van der Waals surface area contributed by atoms with Gasteiger partial charge in [0.25, 0.3) is 0 Å². The van der Waals surface area contributed by atoms with Gasteiger partial charge in [-0.15, -0.1) is 0 Å². The summed E-state index contributed by atoms with van der Waals surface area (Å²) in [6.07, 6.45) is 0. The van der Waals surface area contributed by atoms with Crippen molar-refractivity contribution in [2.75, 3.05) is 0 Å². The lowest BCUT2D eigenvalue weighted by atomic mass is 9.98. The van der Waals surface area contributed by atoms with Crippen LogP contribution in [-0.2, 0) is 0 Å². The molecule has 0 saturated carbocycles. The van der Waals surface area contributed by atoms with Gasteiger partial charge in [0.05, 0.1) is 49.7 Å². The van der Waals surface area contributed by atoms with Gasteiger partial charge in [-0.2, -0.15) is 0 Å². The summed E-state index contributed by atoms with van der Waals surface area (Å²) in [4.78, 5) is 81.6. The van der Waals surface area contributed by atoms with E-state index in [2.05, 4.69) is 4.40 Å². The number of para-hydroxylation sites is 4. The van der Waals surface area contributed by atoms with E-state index in [4.69, 9.17) is 0 Å². The minimum atomic E-state index is -0.228. The van der Waals surface area contributed by atoms with Gasteiger partial charge in [-0.05, 0) is 135 Å². The Hall–Kier alpha value is -8.82. The SMILES string of the molecule is CC.CC.CC.CC.CC.CC.CC.CC.Cc1cc2c(=O)c3ccccc3n3c4cc5c(cc4c(=O)c(c1)c23)c(=O)c1cc(C)cc2c(=O)c3ccccc3n5c21.Cc1cc2c(=O)c3ccccc3n3c4ccccc4c(=O)c(c1)c23. The minimum absolute atomic E-state index is 0.0195. The van der Waals surface area contributed by atoms with Crippen molar-refractivity contribution in [3.63, 3.8) is 0 Å². The van der Waals surface area contributed by atoms with Gasteiger partial charge in [0.2, 0.25) is 0 Å². The summed E-state index contributed by atoms with van der Waals surface area (Å²) >= 11 is 0. The third-order valence-electron chi connectivity index (χ3n) is 13.5. The molecule has 0 radical (unpaired) electrons. The van der Waals surface area contributed by atoms with Crippen LogP contribution in [0, 0.1) is 20.8 Å². The van der Waals surface area contributed by atoms with Crippen LogP contribution >= 0.6 is 0 Å². The number of aromatic nitrogens is 3. The lowest BCUT2D eigenvalue weighted by Gasteiger charge is -2.18. The van der Waals surface area contributed by atoms with E-state index in [9.17, 15) is 28.8 Å². The average Bonchev–Trinajstić information content (AvgIpc) is 3.72. The van der Waals surface area contributed by atoms with Crippen LogP contribution in [0.25, 0.3) is 114 Å². The molecule has 0 aliphatic rings. The molecule has 0 amide bonds. The second-order valence-corrected chi connectivity index (χ2v) is 17.6. The topological polar surface area (TPSA) is 116 Å². The van der Waals surface area contributed by atoms with Gasteiger partial charge in [0.15, 0.2) is 32.6 Å². The van der Waals surface area contributed by atoms with Crippen LogP contribution in [0.2, 0.25) is 0 Å².